The molecule has 2 N–H and O–H groups in total. The Kier molecular flexibility index (Phi) is 4.70. The van der Waals surface area contributed by atoms with Crippen molar-refractivity contribution in [3.63, 3.8) is 0 Å². The largest absolute Gasteiger partial charge is 0.462 e. The molecule has 0 bridgehead atoms. The van der Waals surface area contributed by atoms with Crippen LogP contribution in [0, 0.1) is 6.92 Å². The van der Waals surface area contributed by atoms with E-state index in [1.807, 2.05) is 13.0 Å². The normalized spacial score (nSPS) is 9.69. The highest BCUT2D eigenvalue weighted by Gasteiger charge is 2.14. The van der Waals surface area contributed by atoms with Gasteiger partial charge >= 0.3 is 5.97 Å². The number of nitrogens with one attached hydrogen (secondary N) is 2. The van der Waals surface area contributed by atoms with Gasteiger partial charge in [0.2, 0.25) is 0 Å². The summed E-state index contributed by atoms with van der Waals surface area (Å²) in [6, 6.07) is 1.88. The van der Waals surface area contributed by atoms with E-state index in [1.165, 1.54) is 11.3 Å². The molecule has 0 saturated carbocycles. The van der Waals surface area contributed by atoms with Gasteiger partial charge in [-0.2, -0.15) is 0 Å². The van der Waals surface area contributed by atoms with E-state index in [0.29, 0.717) is 16.6 Å². The molecule has 6 heteroatoms. The second-order valence-electron chi connectivity index (χ2n) is 3.05. The predicted molar refractivity (Wildman–Crippen MR) is 70.3 cm³/mol. The van der Waals surface area contributed by atoms with Crippen molar-refractivity contribution in [3.05, 3.63) is 16.5 Å². The van der Waals surface area contributed by atoms with E-state index in [9.17, 15) is 4.79 Å². The molecule has 16 heavy (non-hydrogen) atoms. The number of esters is 1. The third kappa shape index (κ3) is 3.18. The van der Waals surface area contributed by atoms with Crippen LogP contribution in [0.5, 0.6) is 0 Å². The Morgan fingerprint density at radius 3 is 2.88 bits per heavy atom. The maximum atomic E-state index is 11.5. The van der Waals surface area contributed by atoms with E-state index in [4.69, 9.17) is 17.0 Å². The van der Waals surface area contributed by atoms with Crippen LogP contribution in [0.2, 0.25) is 0 Å². The number of anilines is 1. The van der Waals surface area contributed by atoms with Gasteiger partial charge in [0.25, 0.3) is 0 Å². The van der Waals surface area contributed by atoms with Crippen LogP contribution in [0.15, 0.2) is 6.07 Å². The molecule has 0 radical (unpaired) electrons. The lowest BCUT2D eigenvalue weighted by molar-refractivity contribution is 0.0531. The van der Waals surface area contributed by atoms with Crippen molar-refractivity contribution in [3.8, 4) is 0 Å². The smallest absolute Gasteiger partial charge is 0.348 e. The number of thiophene rings is 1. The van der Waals surface area contributed by atoms with Crippen LogP contribution in [0.25, 0.3) is 0 Å². The van der Waals surface area contributed by atoms with Gasteiger partial charge in [0.1, 0.15) is 4.88 Å². The minimum atomic E-state index is -0.284. The summed E-state index contributed by atoms with van der Waals surface area (Å²) in [4.78, 5) is 12.2. The Morgan fingerprint density at radius 2 is 2.31 bits per heavy atom. The maximum Gasteiger partial charge on any atom is 0.348 e. The third-order valence-corrected chi connectivity index (χ3v) is 3.28. The average Bonchev–Trinajstić information content (AvgIpc) is 2.59. The molecule has 1 aromatic rings. The summed E-state index contributed by atoms with van der Waals surface area (Å²) in [5.41, 5.74) is 0.893. The van der Waals surface area contributed by atoms with Crippen LogP contribution >= 0.6 is 23.6 Å². The number of ether oxygens (including phenoxy) is 1. The fourth-order valence-electron chi connectivity index (χ4n) is 1.12. The quantitative estimate of drug-likeness (QED) is 0.642. The zero-order chi connectivity index (χ0) is 12.1. The Hall–Kier alpha value is -1.14. The highest BCUT2D eigenvalue weighted by molar-refractivity contribution is 7.80. The fraction of sp³-hybridized carbons (Fsp3) is 0.400. The van der Waals surface area contributed by atoms with E-state index < -0.39 is 0 Å². The Morgan fingerprint density at radius 1 is 1.62 bits per heavy atom. The van der Waals surface area contributed by atoms with Crippen molar-refractivity contribution in [2.45, 2.75) is 13.8 Å². The van der Waals surface area contributed by atoms with Crippen molar-refractivity contribution >= 4 is 39.6 Å². The van der Waals surface area contributed by atoms with Gasteiger partial charge in [-0.3, -0.25) is 0 Å². The molecule has 1 heterocycles. The van der Waals surface area contributed by atoms with Crippen molar-refractivity contribution in [2.75, 3.05) is 19.0 Å². The molecule has 1 aromatic heterocycles. The van der Waals surface area contributed by atoms with Crippen molar-refractivity contribution in [2.24, 2.45) is 0 Å². The first-order valence-electron chi connectivity index (χ1n) is 4.84. The predicted octanol–water partition coefficient (Wildman–Crippen LogP) is 2.15. The van der Waals surface area contributed by atoms with E-state index in [2.05, 4.69) is 10.6 Å². The summed E-state index contributed by atoms with van der Waals surface area (Å²) >= 11 is 6.31. The lowest BCUT2D eigenvalue weighted by atomic mass is 10.3. The van der Waals surface area contributed by atoms with Crippen LogP contribution in [0.4, 0.5) is 5.00 Å². The van der Waals surface area contributed by atoms with E-state index in [-0.39, 0.29) is 5.97 Å². The van der Waals surface area contributed by atoms with Crippen LogP contribution in [0.3, 0.4) is 0 Å². The number of thiocarbonyl (C=S) groups is 1. The first kappa shape index (κ1) is 12.9. The number of carbonyl (C=O) groups excluding carboxylic acids is 1. The van der Waals surface area contributed by atoms with Crippen LogP contribution in [0.1, 0.15) is 22.2 Å². The molecule has 0 aliphatic carbocycles. The molecule has 0 aliphatic rings. The Bertz CT molecular complexity index is 402. The molecule has 0 spiro atoms. The van der Waals surface area contributed by atoms with Crippen molar-refractivity contribution in [1.29, 1.82) is 0 Å². The maximum absolute atomic E-state index is 11.5. The molecular formula is C10H14N2O2S2. The molecule has 0 aromatic carbocycles. The molecule has 0 unspecified atom stereocenters. The Balaban J connectivity index is 2.81. The first-order chi connectivity index (χ1) is 7.58. The summed E-state index contributed by atoms with van der Waals surface area (Å²) in [5.74, 6) is -0.284. The van der Waals surface area contributed by atoms with Gasteiger partial charge in [0, 0.05) is 7.05 Å². The van der Waals surface area contributed by atoms with E-state index >= 15 is 0 Å². The monoisotopic (exact) mass is 258 g/mol. The summed E-state index contributed by atoms with van der Waals surface area (Å²) < 4.78 is 4.95. The number of carbonyl (C=O) groups is 1. The fourth-order valence-corrected chi connectivity index (χ4v) is 2.26. The van der Waals surface area contributed by atoms with Gasteiger partial charge in [-0.15, -0.1) is 11.3 Å². The molecule has 1 rings (SSSR count). The lowest BCUT2D eigenvalue weighted by Crippen LogP contribution is -2.23. The summed E-state index contributed by atoms with van der Waals surface area (Å²) in [6.07, 6.45) is 0. The van der Waals surface area contributed by atoms with Gasteiger partial charge in [0.15, 0.2) is 5.11 Å². The second-order valence-corrected chi connectivity index (χ2v) is 4.51. The van der Waals surface area contributed by atoms with Crippen LogP contribution < -0.4 is 10.6 Å². The van der Waals surface area contributed by atoms with Gasteiger partial charge < -0.3 is 15.4 Å². The molecule has 0 atom stereocenters. The first-order valence-corrected chi connectivity index (χ1v) is 6.07. The third-order valence-electron chi connectivity index (χ3n) is 1.84. The summed E-state index contributed by atoms with van der Waals surface area (Å²) in [6.45, 7) is 4.04. The highest BCUT2D eigenvalue weighted by Crippen LogP contribution is 2.27. The Labute approximate surface area is 104 Å². The average molecular weight is 258 g/mol. The molecule has 0 amide bonds. The lowest BCUT2D eigenvalue weighted by Gasteiger charge is -2.02. The highest BCUT2D eigenvalue weighted by atomic mass is 32.1. The number of rotatable bonds is 3. The minimum absolute atomic E-state index is 0.284. The van der Waals surface area contributed by atoms with Gasteiger partial charge in [-0.25, -0.2) is 4.79 Å². The SMILES string of the molecule is CCOC(=O)c1sc(NC(=S)NC)cc1C. The van der Waals surface area contributed by atoms with Crippen molar-refractivity contribution < 1.29 is 9.53 Å². The zero-order valence-corrected chi connectivity index (χ0v) is 11.1. The minimum Gasteiger partial charge on any atom is -0.462 e. The standard InChI is InChI=1S/C10H14N2O2S2/c1-4-14-9(13)8-6(2)5-7(16-8)12-10(15)11-3/h5H,4H2,1-3H3,(H2,11,12,15). The van der Waals surface area contributed by atoms with Crippen molar-refractivity contribution in [1.82, 2.24) is 5.32 Å². The molecule has 0 aliphatic heterocycles. The van der Waals surface area contributed by atoms with Gasteiger partial charge in [-0.1, -0.05) is 0 Å². The van der Waals surface area contributed by atoms with Crippen LogP contribution in [-0.2, 0) is 4.74 Å². The number of hydrogen-bond donors (Lipinski definition) is 2. The number of hydrogen-bond acceptors (Lipinski definition) is 4. The zero-order valence-electron chi connectivity index (χ0n) is 9.42. The molecule has 4 nitrogen and oxygen atoms in total. The summed E-state index contributed by atoms with van der Waals surface area (Å²) in [5, 5.41) is 7.15. The van der Waals surface area contributed by atoms with E-state index in [0.717, 1.165) is 10.6 Å². The van der Waals surface area contributed by atoms with Gasteiger partial charge in [0.05, 0.1) is 11.6 Å². The van der Waals surface area contributed by atoms with Gasteiger partial charge in [-0.05, 0) is 37.7 Å². The molecule has 0 saturated heterocycles. The summed E-state index contributed by atoms with van der Waals surface area (Å²) in [7, 11) is 1.74. The number of aryl methyl sites for hydroxylation is 1. The van der Waals surface area contributed by atoms with E-state index in [1.54, 1.807) is 14.0 Å². The second kappa shape index (κ2) is 5.81. The van der Waals surface area contributed by atoms with Crippen LogP contribution in [-0.4, -0.2) is 24.7 Å². The molecule has 0 fully saturated rings. The molecular weight excluding hydrogens is 244 g/mol. The molecule has 88 valence electrons. The topological polar surface area (TPSA) is 50.4 Å².